The molecule has 0 fully saturated rings. The summed E-state index contributed by atoms with van der Waals surface area (Å²) in [7, 11) is 0. The topological polar surface area (TPSA) is 90.7 Å². The second-order valence-electron chi connectivity index (χ2n) is 6.18. The van der Waals surface area contributed by atoms with E-state index < -0.39 is 5.91 Å². The molecule has 0 unspecified atom stereocenters. The largest absolute Gasteiger partial charge is 0.489 e. The lowest BCUT2D eigenvalue weighted by molar-refractivity contribution is -0.119. The van der Waals surface area contributed by atoms with E-state index in [4.69, 9.17) is 15.2 Å². The quantitative estimate of drug-likeness (QED) is 0.612. The van der Waals surface area contributed by atoms with Gasteiger partial charge >= 0.3 is 0 Å². The molecule has 2 amide bonds. The van der Waals surface area contributed by atoms with Crippen LogP contribution in [-0.4, -0.2) is 18.4 Å². The lowest BCUT2D eigenvalue weighted by atomic mass is 10.2. The summed E-state index contributed by atoms with van der Waals surface area (Å²) in [6.07, 6.45) is 0. The molecule has 3 aromatic carbocycles. The Balaban J connectivity index is 1.62. The van der Waals surface area contributed by atoms with Crippen LogP contribution in [-0.2, 0) is 11.4 Å². The summed E-state index contributed by atoms with van der Waals surface area (Å²) in [6, 6.07) is 19.4. The van der Waals surface area contributed by atoms with Crippen molar-refractivity contribution in [1.82, 2.24) is 0 Å². The number of benzene rings is 3. The van der Waals surface area contributed by atoms with E-state index in [0.29, 0.717) is 22.7 Å². The Morgan fingerprint density at radius 3 is 2.31 bits per heavy atom. The van der Waals surface area contributed by atoms with E-state index in [1.54, 1.807) is 54.6 Å². The lowest BCUT2D eigenvalue weighted by Gasteiger charge is -2.10. The third-order valence-corrected chi connectivity index (χ3v) is 3.89. The van der Waals surface area contributed by atoms with Gasteiger partial charge in [0.2, 0.25) is 0 Å². The number of nitrogens with two attached hydrogens (primary N) is 1. The second-order valence-corrected chi connectivity index (χ2v) is 6.18. The molecule has 0 saturated heterocycles. The van der Waals surface area contributed by atoms with Crippen LogP contribution in [0.4, 0.5) is 10.1 Å². The summed E-state index contributed by atoms with van der Waals surface area (Å²) in [5.74, 6) is -0.316. The van der Waals surface area contributed by atoms with Gasteiger partial charge in [0.1, 0.15) is 23.9 Å². The first-order valence-corrected chi connectivity index (χ1v) is 8.79. The van der Waals surface area contributed by atoms with Crippen LogP contribution in [0.5, 0.6) is 11.5 Å². The average Bonchev–Trinajstić information content (AvgIpc) is 2.72. The van der Waals surface area contributed by atoms with Crippen LogP contribution in [0.1, 0.15) is 15.9 Å². The molecule has 0 aromatic heterocycles. The minimum absolute atomic E-state index is 0.265. The molecule has 0 bridgehead atoms. The molecule has 0 saturated carbocycles. The van der Waals surface area contributed by atoms with Crippen molar-refractivity contribution in [3.8, 4) is 11.5 Å². The zero-order valence-electron chi connectivity index (χ0n) is 15.4. The minimum Gasteiger partial charge on any atom is -0.489 e. The molecule has 0 aliphatic rings. The number of ether oxygens (including phenoxy) is 2. The first kappa shape index (κ1) is 19.9. The Bertz CT molecular complexity index is 1010. The van der Waals surface area contributed by atoms with Crippen molar-refractivity contribution in [2.75, 3.05) is 11.9 Å². The highest BCUT2D eigenvalue weighted by molar-refractivity contribution is 6.04. The van der Waals surface area contributed by atoms with Gasteiger partial charge in [0.15, 0.2) is 6.61 Å². The normalized spacial score (nSPS) is 10.2. The maximum Gasteiger partial charge on any atom is 0.255 e. The minimum atomic E-state index is -0.600. The molecule has 3 N–H and O–H groups in total. The Labute approximate surface area is 167 Å². The fraction of sp³-hybridized carbons (Fsp3) is 0.0909. The van der Waals surface area contributed by atoms with Gasteiger partial charge < -0.3 is 20.5 Å². The van der Waals surface area contributed by atoms with Gasteiger partial charge in [0.05, 0.1) is 0 Å². The van der Waals surface area contributed by atoms with Crippen molar-refractivity contribution < 1.29 is 23.5 Å². The lowest BCUT2D eigenvalue weighted by Crippen LogP contribution is -2.20. The van der Waals surface area contributed by atoms with Crippen molar-refractivity contribution in [3.05, 3.63) is 89.7 Å². The zero-order chi connectivity index (χ0) is 20.6. The summed E-state index contributed by atoms with van der Waals surface area (Å²) in [6.45, 7) is 0.00936. The first-order valence-electron chi connectivity index (χ1n) is 8.79. The SMILES string of the molecule is NC(=O)COc1cccc(C(=O)Nc2cccc(OCc3ccc(F)cc3)c2)c1. The molecule has 3 rings (SSSR count). The van der Waals surface area contributed by atoms with Gasteiger partial charge in [-0.2, -0.15) is 0 Å². The predicted molar refractivity (Wildman–Crippen MR) is 106 cm³/mol. The molecule has 0 radical (unpaired) electrons. The van der Waals surface area contributed by atoms with Crippen LogP contribution < -0.4 is 20.5 Å². The van der Waals surface area contributed by atoms with Crippen LogP contribution >= 0.6 is 0 Å². The molecule has 148 valence electrons. The monoisotopic (exact) mass is 394 g/mol. The highest BCUT2D eigenvalue weighted by atomic mass is 19.1. The number of anilines is 1. The molecule has 0 aliphatic carbocycles. The van der Waals surface area contributed by atoms with Gasteiger partial charge in [0.25, 0.3) is 11.8 Å². The second kappa shape index (κ2) is 9.36. The van der Waals surface area contributed by atoms with Crippen molar-refractivity contribution in [2.24, 2.45) is 5.73 Å². The van der Waals surface area contributed by atoms with E-state index in [0.717, 1.165) is 5.56 Å². The summed E-state index contributed by atoms with van der Waals surface area (Å²) < 4.78 is 23.9. The number of hydrogen-bond acceptors (Lipinski definition) is 4. The van der Waals surface area contributed by atoms with Crippen molar-refractivity contribution in [2.45, 2.75) is 6.61 Å². The number of hydrogen-bond donors (Lipinski definition) is 2. The molecule has 29 heavy (non-hydrogen) atoms. The summed E-state index contributed by atoms with van der Waals surface area (Å²) in [5, 5.41) is 2.78. The number of primary amides is 1. The first-order chi connectivity index (χ1) is 14.0. The summed E-state index contributed by atoms with van der Waals surface area (Å²) >= 11 is 0. The molecule has 6 nitrogen and oxygen atoms in total. The van der Waals surface area contributed by atoms with Crippen LogP contribution in [0, 0.1) is 5.82 Å². The Kier molecular flexibility index (Phi) is 6.42. The van der Waals surface area contributed by atoms with Crippen molar-refractivity contribution >= 4 is 17.5 Å². The van der Waals surface area contributed by atoms with Gasteiger partial charge in [0, 0.05) is 17.3 Å². The van der Waals surface area contributed by atoms with E-state index in [1.807, 2.05) is 0 Å². The van der Waals surface area contributed by atoms with Gasteiger partial charge in [-0.3, -0.25) is 9.59 Å². The Hall–Kier alpha value is -3.87. The number of carbonyl (C=O) groups excluding carboxylic acids is 2. The molecule has 0 atom stereocenters. The molecule has 3 aromatic rings. The van der Waals surface area contributed by atoms with E-state index in [2.05, 4.69) is 5.32 Å². The number of carbonyl (C=O) groups is 2. The molecule has 0 spiro atoms. The number of nitrogens with one attached hydrogen (secondary N) is 1. The molecule has 0 heterocycles. The van der Waals surface area contributed by atoms with Crippen LogP contribution in [0.3, 0.4) is 0 Å². The molecule has 7 heteroatoms. The van der Waals surface area contributed by atoms with E-state index in [9.17, 15) is 14.0 Å². The van der Waals surface area contributed by atoms with E-state index in [-0.39, 0.29) is 24.9 Å². The third kappa shape index (κ3) is 6.07. The van der Waals surface area contributed by atoms with Crippen LogP contribution in [0.25, 0.3) is 0 Å². The number of amides is 2. The average molecular weight is 394 g/mol. The molecule has 0 aliphatic heterocycles. The summed E-state index contributed by atoms with van der Waals surface area (Å²) in [4.78, 5) is 23.3. The van der Waals surface area contributed by atoms with Crippen LogP contribution in [0.15, 0.2) is 72.8 Å². The number of rotatable bonds is 8. The fourth-order valence-electron chi connectivity index (χ4n) is 2.50. The summed E-state index contributed by atoms with van der Waals surface area (Å²) in [5.41, 5.74) is 6.79. The third-order valence-electron chi connectivity index (χ3n) is 3.89. The van der Waals surface area contributed by atoms with E-state index in [1.165, 1.54) is 18.2 Å². The predicted octanol–water partition coefficient (Wildman–Crippen LogP) is 3.52. The van der Waals surface area contributed by atoms with Gasteiger partial charge in [-0.25, -0.2) is 4.39 Å². The molecular formula is C22H19FN2O4. The Morgan fingerprint density at radius 2 is 1.59 bits per heavy atom. The smallest absolute Gasteiger partial charge is 0.255 e. The van der Waals surface area contributed by atoms with Gasteiger partial charge in [-0.05, 0) is 48.0 Å². The molecular weight excluding hydrogens is 375 g/mol. The van der Waals surface area contributed by atoms with Crippen molar-refractivity contribution in [1.29, 1.82) is 0 Å². The maximum atomic E-state index is 13.0. The Morgan fingerprint density at radius 1 is 0.897 bits per heavy atom. The van der Waals surface area contributed by atoms with E-state index >= 15 is 0 Å². The van der Waals surface area contributed by atoms with Gasteiger partial charge in [-0.15, -0.1) is 0 Å². The van der Waals surface area contributed by atoms with Gasteiger partial charge in [-0.1, -0.05) is 24.3 Å². The zero-order valence-corrected chi connectivity index (χ0v) is 15.4. The highest BCUT2D eigenvalue weighted by Gasteiger charge is 2.09. The van der Waals surface area contributed by atoms with Crippen LogP contribution in [0.2, 0.25) is 0 Å². The van der Waals surface area contributed by atoms with Crippen molar-refractivity contribution in [3.63, 3.8) is 0 Å². The maximum absolute atomic E-state index is 13.0. The number of halogens is 1. The highest BCUT2D eigenvalue weighted by Crippen LogP contribution is 2.20. The standard InChI is InChI=1S/C22H19FN2O4/c23-17-9-7-15(8-10-17)13-28-20-6-2-4-18(12-20)25-22(27)16-3-1-5-19(11-16)29-14-21(24)26/h1-12H,13-14H2,(H2,24,26)(H,25,27). The fourth-order valence-corrected chi connectivity index (χ4v) is 2.50.